The number of amides is 1. The fourth-order valence-electron chi connectivity index (χ4n) is 2.49. The number of rotatable bonds is 2. The van der Waals surface area contributed by atoms with E-state index in [1.54, 1.807) is 0 Å². The van der Waals surface area contributed by atoms with Gasteiger partial charge >= 0.3 is 0 Å². The molecule has 15 heavy (non-hydrogen) atoms. The summed E-state index contributed by atoms with van der Waals surface area (Å²) in [7, 11) is 0. The molecular formula is C11H20N2OS. The average Bonchev–Trinajstić information content (AvgIpc) is 2.61. The van der Waals surface area contributed by atoms with Gasteiger partial charge in [-0.1, -0.05) is 13.8 Å². The molecule has 1 unspecified atom stereocenters. The van der Waals surface area contributed by atoms with E-state index in [9.17, 15) is 4.79 Å². The van der Waals surface area contributed by atoms with Gasteiger partial charge in [-0.05, 0) is 30.3 Å². The minimum Gasteiger partial charge on any atom is -0.323 e. The van der Waals surface area contributed by atoms with Gasteiger partial charge in [0.15, 0.2) is 0 Å². The van der Waals surface area contributed by atoms with Gasteiger partial charge in [0.25, 0.3) is 0 Å². The van der Waals surface area contributed by atoms with Crippen molar-refractivity contribution < 1.29 is 4.79 Å². The molecule has 2 aliphatic rings. The lowest BCUT2D eigenvalue weighted by Gasteiger charge is -2.36. The van der Waals surface area contributed by atoms with E-state index in [4.69, 9.17) is 0 Å². The minimum atomic E-state index is 0.269. The summed E-state index contributed by atoms with van der Waals surface area (Å²) in [4.78, 5) is 14.0. The van der Waals surface area contributed by atoms with Gasteiger partial charge in [-0.3, -0.25) is 10.1 Å². The number of nitrogens with zero attached hydrogens (tertiary/aromatic N) is 1. The second kappa shape index (κ2) is 4.74. The van der Waals surface area contributed by atoms with Crippen molar-refractivity contribution in [2.24, 2.45) is 5.92 Å². The Labute approximate surface area is 96.0 Å². The lowest BCUT2D eigenvalue weighted by Crippen LogP contribution is -2.48. The molecule has 0 saturated carbocycles. The second-order valence-corrected chi connectivity index (χ2v) is 5.94. The highest BCUT2D eigenvalue weighted by molar-refractivity contribution is 7.99. The maximum atomic E-state index is 11.8. The molecule has 1 N–H and O–H groups in total. The fourth-order valence-corrected chi connectivity index (χ4v) is 3.57. The maximum absolute atomic E-state index is 11.8. The third-order valence-corrected chi connectivity index (χ3v) is 4.31. The summed E-state index contributed by atoms with van der Waals surface area (Å²) in [5.41, 5.74) is 0. The lowest BCUT2D eigenvalue weighted by molar-refractivity contribution is -0.131. The van der Waals surface area contributed by atoms with Gasteiger partial charge in [0.2, 0.25) is 5.91 Å². The fraction of sp³-hybridized carbons (Fsp3) is 0.909. The van der Waals surface area contributed by atoms with E-state index >= 15 is 0 Å². The van der Waals surface area contributed by atoms with Crippen LogP contribution in [0.15, 0.2) is 0 Å². The van der Waals surface area contributed by atoms with E-state index in [1.807, 2.05) is 11.8 Å². The molecular weight excluding hydrogens is 208 g/mol. The van der Waals surface area contributed by atoms with E-state index in [0.717, 1.165) is 0 Å². The number of hydrogen-bond donors (Lipinski definition) is 1. The topological polar surface area (TPSA) is 32.3 Å². The van der Waals surface area contributed by atoms with Crippen LogP contribution >= 0.6 is 11.8 Å². The zero-order chi connectivity index (χ0) is 10.8. The highest BCUT2D eigenvalue weighted by Gasteiger charge is 2.37. The molecule has 4 heteroatoms. The Morgan fingerprint density at radius 3 is 2.67 bits per heavy atom. The van der Waals surface area contributed by atoms with Crippen LogP contribution in [-0.2, 0) is 4.79 Å². The van der Waals surface area contributed by atoms with Crippen molar-refractivity contribution in [3.8, 4) is 0 Å². The number of carbonyl (C=O) groups excluding carboxylic acids is 1. The van der Waals surface area contributed by atoms with Crippen LogP contribution in [0, 0.1) is 5.92 Å². The van der Waals surface area contributed by atoms with Crippen molar-refractivity contribution in [2.45, 2.75) is 38.9 Å². The Hall–Kier alpha value is -0.220. The SMILES string of the molecule is CC(C)C1NCC(=O)N1C1CCSCC1. The van der Waals surface area contributed by atoms with Crippen LogP contribution in [0.25, 0.3) is 0 Å². The van der Waals surface area contributed by atoms with Gasteiger partial charge in [0.1, 0.15) is 0 Å². The highest BCUT2D eigenvalue weighted by Crippen LogP contribution is 2.26. The molecule has 2 rings (SSSR count). The minimum absolute atomic E-state index is 0.269. The van der Waals surface area contributed by atoms with E-state index in [0.29, 0.717) is 24.4 Å². The normalized spacial score (nSPS) is 29.1. The van der Waals surface area contributed by atoms with Gasteiger partial charge in [-0.2, -0.15) is 11.8 Å². The molecule has 0 aromatic rings. The average molecular weight is 228 g/mol. The molecule has 0 aromatic carbocycles. The summed E-state index contributed by atoms with van der Waals surface area (Å²) >= 11 is 2.01. The molecule has 2 saturated heterocycles. The summed E-state index contributed by atoms with van der Waals surface area (Å²) in [5.74, 6) is 3.22. The monoisotopic (exact) mass is 228 g/mol. The van der Waals surface area contributed by atoms with E-state index in [1.165, 1.54) is 24.3 Å². The van der Waals surface area contributed by atoms with Crippen LogP contribution in [0.5, 0.6) is 0 Å². The Kier molecular flexibility index (Phi) is 3.57. The molecule has 1 amide bonds. The molecule has 2 aliphatic heterocycles. The van der Waals surface area contributed by atoms with Gasteiger partial charge < -0.3 is 4.90 Å². The molecule has 0 spiro atoms. The third-order valence-electron chi connectivity index (χ3n) is 3.27. The first-order valence-corrected chi connectivity index (χ1v) is 6.98. The molecule has 2 heterocycles. The first-order chi connectivity index (χ1) is 7.20. The van der Waals surface area contributed by atoms with E-state index in [2.05, 4.69) is 24.1 Å². The van der Waals surface area contributed by atoms with Crippen molar-refractivity contribution in [3.63, 3.8) is 0 Å². The predicted octanol–water partition coefficient (Wildman–Crippen LogP) is 1.30. The van der Waals surface area contributed by atoms with Crippen molar-refractivity contribution in [3.05, 3.63) is 0 Å². The quantitative estimate of drug-likeness (QED) is 0.773. The van der Waals surface area contributed by atoms with E-state index in [-0.39, 0.29) is 6.17 Å². The summed E-state index contributed by atoms with van der Waals surface area (Å²) in [6, 6.07) is 0.487. The van der Waals surface area contributed by atoms with Gasteiger partial charge in [0, 0.05) is 6.04 Å². The summed E-state index contributed by atoms with van der Waals surface area (Å²) < 4.78 is 0. The number of thioether (sulfide) groups is 1. The van der Waals surface area contributed by atoms with Gasteiger partial charge in [0.05, 0.1) is 12.7 Å². The first-order valence-electron chi connectivity index (χ1n) is 5.82. The molecule has 0 aliphatic carbocycles. The largest absolute Gasteiger partial charge is 0.323 e. The number of carbonyl (C=O) groups is 1. The Balaban J connectivity index is 2.05. The molecule has 0 radical (unpaired) electrons. The van der Waals surface area contributed by atoms with Crippen LogP contribution in [0.3, 0.4) is 0 Å². The molecule has 1 atom stereocenters. The van der Waals surface area contributed by atoms with Crippen molar-refractivity contribution >= 4 is 17.7 Å². The molecule has 2 fully saturated rings. The highest BCUT2D eigenvalue weighted by atomic mass is 32.2. The molecule has 86 valence electrons. The smallest absolute Gasteiger partial charge is 0.238 e. The zero-order valence-electron chi connectivity index (χ0n) is 9.53. The summed E-state index contributed by atoms with van der Waals surface area (Å²) in [6.07, 6.45) is 2.60. The lowest BCUT2D eigenvalue weighted by atomic mass is 10.1. The van der Waals surface area contributed by atoms with Crippen molar-refractivity contribution in [2.75, 3.05) is 18.1 Å². The van der Waals surface area contributed by atoms with Crippen LogP contribution < -0.4 is 5.32 Å². The molecule has 0 aromatic heterocycles. The Morgan fingerprint density at radius 1 is 1.40 bits per heavy atom. The van der Waals surface area contributed by atoms with Crippen molar-refractivity contribution in [1.29, 1.82) is 0 Å². The number of nitrogens with one attached hydrogen (secondary N) is 1. The van der Waals surface area contributed by atoms with Crippen LogP contribution in [0.4, 0.5) is 0 Å². The standard InChI is InChI=1S/C11H20N2OS/c1-8(2)11-12-7-10(14)13(11)9-3-5-15-6-4-9/h8-9,11-12H,3-7H2,1-2H3. The first kappa shape index (κ1) is 11.3. The zero-order valence-corrected chi connectivity index (χ0v) is 10.3. The third kappa shape index (κ3) is 2.31. The molecule has 3 nitrogen and oxygen atoms in total. The summed E-state index contributed by atoms with van der Waals surface area (Å²) in [5, 5.41) is 3.32. The van der Waals surface area contributed by atoms with Gasteiger partial charge in [-0.15, -0.1) is 0 Å². The van der Waals surface area contributed by atoms with Crippen LogP contribution in [-0.4, -0.2) is 41.1 Å². The van der Waals surface area contributed by atoms with E-state index < -0.39 is 0 Å². The van der Waals surface area contributed by atoms with Crippen LogP contribution in [0.1, 0.15) is 26.7 Å². The Bertz CT molecular complexity index is 239. The molecule has 0 bridgehead atoms. The maximum Gasteiger partial charge on any atom is 0.238 e. The predicted molar refractivity (Wildman–Crippen MR) is 63.8 cm³/mol. The summed E-state index contributed by atoms with van der Waals surface area (Å²) in [6.45, 7) is 4.90. The number of hydrogen-bond acceptors (Lipinski definition) is 3. The Morgan fingerprint density at radius 2 is 2.07 bits per heavy atom. The van der Waals surface area contributed by atoms with Crippen LogP contribution in [0.2, 0.25) is 0 Å². The second-order valence-electron chi connectivity index (χ2n) is 4.71. The van der Waals surface area contributed by atoms with Gasteiger partial charge in [-0.25, -0.2) is 0 Å². The van der Waals surface area contributed by atoms with Crippen molar-refractivity contribution in [1.82, 2.24) is 10.2 Å².